The van der Waals surface area contributed by atoms with E-state index in [1.165, 1.54) is 17.0 Å². The highest BCUT2D eigenvalue weighted by molar-refractivity contribution is 6.01. The number of amides is 2. The van der Waals surface area contributed by atoms with E-state index < -0.39 is 24.4 Å². The molecule has 2 N–H and O–H groups in total. The molecule has 1 aromatic rings. The lowest BCUT2D eigenvalue weighted by molar-refractivity contribution is -0.128. The van der Waals surface area contributed by atoms with Crippen LogP contribution >= 0.6 is 0 Å². The lowest BCUT2D eigenvalue weighted by atomic mass is 10.2. The van der Waals surface area contributed by atoms with Gasteiger partial charge in [-0.2, -0.15) is 0 Å². The average molecular weight is 252 g/mol. The monoisotopic (exact) mass is 252 g/mol. The van der Waals surface area contributed by atoms with Crippen LogP contribution in [0.2, 0.25) is 0 Å². The van der Waals surface area contributed by atoms with Crippen LogP contribution in [0.25, 0.3) is 0 Å². The van der Waals surface area contributed by atoms with Crippen LogP contribution in [0.3, 0.4) is 0 Å². The van der Waals surface area contributed by atoms with E-state index in [0.29, 0.717) is 13.0 Å². The van der Waals surface area contributed by atoms with Gasteiger partial charge >= 0.3 is 0 Å². The van der Waals surface area contributed by atoms with Crippen molar-refractivity contribution in [1.82, 2.24) is 5.32 Å². The van der Waals surface area contributed by atoms with Gasteiger partial charge in [-0.15, -0.1) is 0 Å². The van der Waals surface area contributed by atoms with Crippen molar-refractivity contribution in [2.75, 3.05) is 18.1 Å². The average Bonchev–Trinajstić information content (AvgIpc) is 2.72. The van der Waals surface area contributed by atoms with Crippen molar-refractivity contribution in [3.05, 3.63) is 30.1 Å². The van der Waals surface area contributed by atoms with Gasteiger partial charge in [0.15, 0.2) is 0 Å². The Morgan fingerprint density at radius 2 is 2.22 bits per heavy atom. The molecule has 1 aromatic carbocycles. The zero-order chi connectivity index (χ0) is 13.1. The molecule has 2 rings (SSSR count). The fourth-order valence-electron chi connectivity index (χ4n) is 1.96. The molecule has 0 aromatic heterocycles. The number of hydrogen-bond donors (Lipinski definition) is 2. The summed E-state index contributed by atoms with van der Waals surface area (Å²) in [6.45, 7) is -0.320. The first-order chi connectivity index (χ1) is 8.63. The van der Waals surface area contributed by atoms with E-state index in [1.54, 1.807) is 12.1 Å². The number of nitrogens with one attached hydrogen (secondary N) is 1. The van der Waals surface area contributed by atoms with Crippen LogP contribution in [0.5, 0.6) is 0 Å². The maximum atomic E-state index is 13.5. The molecule has 1 unspecified atom stereocenters. The smallest absolute Gasteiger partial charge is 0.249 e. The largest absolute Gasteiger partial charge is 0.387 e. The molecule has 1 aliphatic heterocycles. The van der Waals surface area contributed by atoms with Crippen molar-refractivity contribution < 1.29 is 19.1 Å². The standard InChI is InChI=1S/C12H13FN2O3/c13-8-3-1-2-4-10(8)15-6-5-9(12(15)18)14-11(17)7-16/h1-4,9,16H,5-7H2,(H,14,17). The quantitative estimate of drug-likeness (QED) is 0.798. The Morgan fingerprint density at radius 3 is 2.89 bits per heavy atom. The minimum atomic E-state index is -0.691. The third-order valence-corrected chi connectivity index (χ3v) is 2.83. The summed E-state index contributed by atoms with van der Waals surface area (Å²) < 4.78 is 13.5. The summed E-state index contributed by atoms with van der Waals surface area (Å²) >= 11 is 0. The van der Waals surface area contributed by atoms with Gasteiger partial charge in [-0.1, -0.05) is 12.1 Å². The van der Waals surface area contributed by atoms with Gasteiger partial charge in [-0.25, -0.2) is 4.39 Å². The summed E-state index contributed by atoms with van der Waals surface area (Å²) in [5, 5.41) is 11.0. The first kappa shape index (κ1) is 12.5. The van der Waals surface area contributed by atoms with Crippen LogP contribution in [0, 0.1) is 5.82 Å². The predicted molar refractivity (Wildman–Crippen MR) is 62.4 cm³/mol. The number of aliphatic hydroxyl groups is 1. The van der Waals surface area contributed by atoms with Crippen molar-refractivity contribution in [1.29, 1.82) is 0 Å². The zero-order valence-electron chi connectivity index (χ0n) is 9.60. The van der Waals surface area contributed by atoms with Gasteiger partial charge in [0.2, 0.25) is 11.8 Å². The van der Waals surface area contributed by atoms with Gasteiger partial charge in [0.25, 0.3) is 0 Å². The molecular weight excluding hydrogens is 239 g/mol. The fourth-order valence-corrected chi connectivity index (χ4v) is 1.96. The van der Waals surface area contributed by atoms with Crippen LogP contribution in [0.1, 0.15) is 6.42 Å². The van der Waals surface area contributed by atoms with E-state index in [4.69, 9.17) is 5.11 Å². The molecule has 1 fully saturated rings. The van der Waals surface area contributed by atoms with Crippen molar-refractivity contribution in [2.45, 2.75) is 12.5 Å². The number of carbonyl (C=O) groups is 2. The van der Waals surface area contributed by atoms with Crippen LogP contribution in [0.4, 0.5) is 10.1 Å². The minimum Gasteiger partial charge on any atom is -0.387 e. The first-order valence-corrected chi connectivity index (χ1v) is 5.59. The second-order valence-corrected chi connectivity index (χ2v) is 4.01. The van der Waals surface area contributed by atoms with Gasteiger partial charge in [0, 0.05) is 6.54 Å². The number of nitrogens with zero attached hydrogens (tertiary/aromatic N) is 1. The molecule has 0 spiro atoms. The molecule has 0 saturated carbocycles. The first-order valence-electron chi connectivity index (χ1n) is 5.59. The van der Waals surface area contributed by atoms with E-state index >= 15 is 0 Å². The van der Waals surface area contributed by atoms with E-state index in [0.717, 1.165) is 0 Å². The Labute approximate surface area is 103 Å². The molecule has 0 aliphatic carbocycles. The molecule has 1 aliphatic rings. The number of benzene rings is 1. The van der Waals surface area contributed by atoms with E-state index in [9.17, 15) is 14.0 Å². The number of anilines is 1. The third-order valence-electron chi connectivity index (χ3n) is 2.83. The van der Waals surface area contributed by atoms with Gasteiger partial charge in [0.1, 0.15) is 18.5 Å². The molecule has 0 bridgehead atoms. The van der Waals surface area contributed by atoms with Crippen LogP contribution in [-0.2, 0) is 9.59 Å². The summed E-state index contributed by atoms with van der Waals surface area (Å²) in [4.78, 5) is 24.3. The Hall–Kier alpha value is -1.95. The Bertz CT molecular complexity index is 478. The summed E-state index contributed by atoms with van der Waals surface area (Å²) in [5.74, 6) is -1.44. The molecule has 1 saturated heterocycles. The minimum absolute atomic E-state index is 0.211. The Balaban J connectivity index is 2.12. The van der Waals surface area contributed by atoms with E-state index in [-0.39, 0.29) is 11.6 Å². The number of para-hydroxylation sites is 1. The molecule has 5 nitrogen and oxygen atoms in total. The van der Waals surface area contributed by atoms with Crippen LogP contribution in [-0.4, -0.2) is 36.1 Å². The molecule has 6 heteroatoms. The molecule has 96 valence electrons. The van der Waals surface area contributed by atoms with Gasteiger partial charge < -0.3 is 15.3 Å². The molecule has 2 amide bonds. The van der Waals surface area contributed by atoms with Crippen molar-refractivity contribution in [3.63, 3.8) is 0 Å². The second-order valence-electron chi connectivity index (χ2n) is 4.01. The highest BCUT2D eigenvalue weighted by Gasteiger charge is 2.34. The molecule has 0 radical (unpaired) electrons. The normalized spacial score (nSPS) is 19.1. The summed E-state index contributed by atoms with van der Waals surface area (Å²) in [5.41, 5.74) is 0.211. The second kappa shape index (κ2) is 5.14. The topological polar surface area (TPSA) is 69.6 Å². The highest BCUT2D eigenvalue weighted by Crippen LogP contribution is 2.24. The predicted octanol–water partition coefficient (Wildman–Crippen LogP) is 0.0395. The summed E-state index contributed by atoms with van der Waals surface area (Å²) in [6.07, 6.45) is 0.402. The lowest BCUT2D eigenvalue weighted by Crippen LogP contribution is -2.42. The lowest BCUT2D eigenvalue weighted by Gasteiger charge is -2.17. The number of carbonyl (C=O) groups excluding carboxylic acids is 2. The zero-order valence-corrected chi connectivity index (χ0v) is 9.60. The van der Waals surface area contributed by atoms with E-state index in [1.807, 2.05) is 0 Å². The molecule has 18 heavy (non-hydrogen) atoms. The van der Waals surface area contributed by atoms with Gasteiger partial charge in [0.05, 0.1) is 5.69 Å². The van der Waals surface area contributed by atoms with E-state index in [2.05, 4.69) is 5.32 Å². The van der Waals surface area contributed by atoms with Crippen molar-refractivity contribution in [2.24, 2.45) is 0 Å². The number of rotatable bonds is 3. The fraction of sp³-hybridized carbons (Fsp3) is 0.333. The Morgan fingerprint density at radius 1 is 1.50 bits per heavy atom. The molecule has 1 atom stereocenters. The van der Waals surface area contributed by atoms with Crippen LogP contribution in [0.15, 0.2) is 24.3 Å². The highest BCUT2D eigenvalue weighted by atomic mass is 19.1. The number of halogens is 1. The molecule has 1 heterocycles. The van der Waals surface area contributed by atoms with Gasteiger partial charge in [-0.05, 0) is 18.6 Å². The SMILES string of the molecule is O=C(CO)NC1CCN(c2ccccc2F)C1=O. The number of hydrogen-bond acceptors (Lipinski definition) is 3. The molecular formula is C12H13FN2O3. The maximum absolute atomic E-state index is 13.5. The van der Waals surface area contributed by atoms with Gasteiger partial charge in [-0.3, -0.25) is 9.59 Å². The third kappa shape index (κ3) is 2.33. The number of aliphatic hydroxyl groups excluding tert-OH is 1. The summed E-state index contributed by atoms with van der Waals surface area (Å²) in [7, 11) is 0. The van der Waals surface area contributed by atoms with Crippen molar-refractivity contribution in [3.8, 4) is 0 Å². The van der Waals surface area contributed by atoms with Crippen molar-refractivity contribution >= 4 is 17.5 Å². The van der Waals surface area contributed by atoms with Crippen LogP contribution < -0.4 is 10.2 Å². The summed E-state index contributed by atoms with van der Waals surface area (Å²) in [6, 6.07) is 5.30. The Kier molecular flexibility index (Phi) is 3.57. The maximum Gasteiger partial charge on any atom is 0.249 e.